The number of rotatable bonds is 4. The molecule has 2 aromatic rings. The van der Waals surface area contributed by atoms with Crippen LogP contribution in [0.4, 0.5) is 14.5 Å². The Morgan fingerprint density at radius 3 is 2.56 bits per heavy atom. The van der Waals surface area contributed by atoms with Crippen molar-refractivity contribution < 1.29 is 33.0 Å². The Balaban J connectivity index is 1.60. The number of hydrogen-bond donors (Lipinski definition) is 3. The molecule has 1 heterocycles. The number of ether oxygens (including phenoxy) is 2. The van der Waals surface area contributed by atoms with E-state index in [1.54, 1.807) is 18.2 Å². The number of fused-ring (bicyclic) bond motifs is 1. The third-order valence-electron chi connectivity index (χ3n) is 3.97. The SMILES string of the molecule is C[C@](O)(CNC(=O)C(=O)Nc1ccc(F)c(F)c1)c1ccc2c(c1)OCO2. The summed E-state index contributed by atoms with van der Waals surface area (Å²) in [5, 5.41) is 15.0. The lowest BCUT2D eigenvalue weighted by Crippen LogP contribution is -2.43. The van der Waals surface area contributed by atoms with Gasteiger partial charge in [-0.05, 0) is 36.8 Å². The molecule has 1 aliphatic heterocycles. The molecule has 0 unspecified atom stereocenters. The van der Waals surface area contributed by atoms with Crippen molar-refractivity contribution in [3.8, 4) is 11.5 Å². The minimum absolute atomic E-state index is 0.0726. The lowest BCUT2D eigenvalue weighted by molar-refractivity contribution is -0.136. The Labute approximate surface area is 152 Å². The molecule has 2 amide bonds. The van der Waals surface area contributed by atoms with Gasteiger partial charge in [0.05, 0.1) is 6.54 Å². The molecule has 0 saturated carbocycles. The number of amides is 2. The second-order valence-corrected chi connectivity index (χ2v) is 6.11. The number of benzene rings is 2. The molecule has 142 valence electrons. The zero-order chi connectivity index (χ0) is 19.6. The van der Waals surface area contributed by atoms with E-state index in [4.69, 9.17) is 9.47 Å². The molecule has 3 N–H and O–H groups in total. The van der Waals surface area contributed by atoms with Crippen LogP contribution in [0.2, 0.25) is 0 Å². The Bertz CT molecular complexity index is 901. The quantitative estimate of drug-likeness (QED) is 0.703. The largest absolute Gasteiger partial charge is 0.454 e. The topological polar surface area (TPSA) is 96.9 Å². The number of carbonyl (C=O) groups is 2. The first-order valence-corrected chi connectivity index (χ1v) is 7.93. The highest BCUT2D eigenvalue weighted by Crippen LogP contribution is 2.35. The molecule has 7 nitrogen and oxygen atoms in total. The molecule has 27 heavy (non-hydrogen) atoms. The zero-order valence-electron chi connectivity index (χ0n) is 14.2. The standard InChI is InChI=1S/C18H16F2N2O5/c1-18(25,10-2-5-14-15(6-10)27-9-26-14)8-21-16(23)17(24)22-11-3-4-12(19)13(20)7-11/h2-7,25H,8-9H2,1H3,(H,21,23)(H,22,24)/t18-/m0/s1. The van der Waals surface area contributed by atoms with Gasteiger partial charge in [-0.1, -0.05) is 6.07 Å². The smallest absolute Gasteiger partial charge is 0.313 e. The van der Waals surface area contributed by atoms with Crippen LogP contribution < -0.4 is 20.1 Å². The monoisotopic (exact) mass is 378 g/mol. The van der Waals surface area contributed by atoms with Crippen molar-refractivity contribution in [2.24, 2.45) is 0 Å². The van der Waals surface area contributed by atoms with Crippen LogP contribution in [0.15, 0.2) is 36.4 Å². The zero-order valence-corrected chi connectivity index (χ0v) is 14.2. The normalized spacial score (nSPS) is 14.4. The highest BCUT2D eigenvalue weighted by molar-refractivity contribution is 6.39. The molecule has 0 fully saturated rings. The van der Waals surface area contributed by atoms with Crippen LogP contribution in [0, 0.1) is 11.6 Å². The molecule has 0 aromatic heterocycles. The van der Waals surface area contributed by atoms with Gasteiger partial charge in [-0.15, -0.1) is 0 Å². The maximum Gasteiger partial charge on any atom is 0.313 e. The van der Waals surface area contributed by atoms with E-state index in [1.165, 1.54) is 6.92 Å². The number of carbonyl (C=O) groups excluding carboxylic acids is 2. The molecule has 1 atom stereocenters. The Kier molecular flexibility index (Phi) is 4.95. The van der Waals surface area contributed by atoms with Crippen molar-refractivity contribution in [3.63, 3.8) is 0 Å². The number of hydrogen-bond acceptors (Lipinski definition) is 5. The van der Waals surface area contributed by atoms with E-state index in [1.807, 2.05) is 0 Å². The van der Waals surface area contributed by atoms with Gasteiger partial charge in [0, 0.05) is 11.8 Å². The molecule has 3 rings (SSSR count). The number of nitrogens with one attached hydrogen (secondary N) is 2. The van der Waals surface area contributed by atoms with Crippen molar-refractivity contribution in [1.82, 2.24) is 5.32 Å². The van der Waals surface area contributed by atoms with Gasteiger partial charge in [0.15, 0.2) is 23.1 Å². The predicted octanol–water partition coefficient (Wildman–Crippen LogP) is 1.66. The molecule has 0 aliphatic carbocycles. The molecule has 0 radical (unpaired) electrons. The lowest BCUT2D eigenvalue weighted by atomic mass is 9.95. The van der Waals surface area contributed by atoms with Crippen LogP contribution in [0.5, 0.6) is 11.5 Å². The fraction of sp³-hybridized carbons (Fsp3) is 0.222. The van der Waals surface area contributed by atoms with Crippen LogP contribution in [0.3, 0.4) is 0 Å². The summed E-state index contributed by atoms with van der Waals surface area (Å²) in [7, 11) is 0. The van der Waals surface area contributed by atoms with E-state index in [-0.39, 0.29) is 19.0 Å². The molecule has 0 bridgehead atoms. The summed E-state index contributed by atoms with van der Waals surface area (Å²) < 4.78 is 36.4. The van der Waals surface area contributed by atoms with E-state index in [0.717, 1.165) is 18.2 Å². The third kappa shape index (κ3) is 4.14. The Morgan fingerprint density at radius 1 is 1.07 bits per heavy atom. The van der Waals surface area contributed by atoms with E-state index in [2.05, 4.69) is 10.6 Å². The van der Waals surface area contributed by atoms with Crippen molar-refractivity contribution in [2.45, 2.75) is 12.5 Å². The van der Waals surface area contributed by atoms with Crippen molar-refractivity contribution in [3.05, 3.63) is 53.6 Å². The molecule has 0 spiro atoms. The summed E-state index contributed by atoms with van der Waals surface area (Å²) in [5.74, 6) is -3.33. The van der Waals surface area contributed by atoms with E-state index >= 15 is 0 Å². The maximum absolute atomic E-state index is 13.1. The maximum atomic E-state index is 13.1. The average Bonchev–Trinajstić information content (AvgIpc) is 3.10. The van der Waals surface area contributed by atoms with Crippen LogP contribution in [0.25, 0.3) is 0 Å². The summed E-state index contributed by atoms with van der Waals surface area (Å²) in [6, 6.07) is 7.52. The molecular formula is C18H16F2N2O5. The second-order valence-electron chi connectivity index (χ2n) is 6.11. The first-order valence-electron chi connectivity index (χ1n) is 7.93. The minimum Gasteiger partial charge on any atom is -0.454 e. The average molecular weight is 378 g/mol. The Morgan fingerprint density at radius 2 is 1.81 bits per heavy atom. The van der Waals surface area contributed by atoms with E-state index in [9.17, 15) is 23.5 Å². The molecule has 9 heteroatoms. The molecule has 1 aliphatic rings. The fourth-order valence-electron chi connectivity index (χ4n) is 2.43. The first kappa shape index (κ1) is 18.6. The number of halogens is 2. The van der Waals surface area contributed by atoms with E-state index < -0.39 is 29.0 Å². The lowest BCUT2D eigenvalue weighted by Gasteiger charge is -2.24. The number of anilines is 1. The molecule has 2 aromatic carbocycles. The highest BCUT2D eigenvalue weighted by Gasteiger charge is 2.27. The van der Waals surface area contributed by atoms with Gasteiger partial charge in [-0.3, -0.25) is 9.59 Å². The summed E-state index contributed by atoms with van der Waals surface area (Å²) in [6.45, 7) is 1.27. The van der Waals surface area contributed by atoms with Gasteiger partial charge in [0.2, 0.25) is 6.79 Å². The second kappa shape index (κ2) is 7.20. The van der Waals surface area contributed by atoms with E-state index in [0.29, 0.717) is 17.1 Å². The third-order valence-corrected chi connectivity index (χ3v) is 3.97. The summed E-state index contributed by atoms with van der Waals surface area (Å²) in [4.78, 5) is 23.8. The van der Waals surface area contributed by atoms with Crippen LogP contribution >= 0.6 is 0 Å². The minimum atomic E-state index is -1.49. The van der Waals surface area contributed by atoms with Gasteiger partial charge >= 0.3 is 11.8 Å². The van der Waals surface area contributed by atoms with Gasteiger partial charge in [-0.2, -0.15) is 0 Å². The van der Waals surface area contributed by atoms with Crippen molar-refractivity contribution >= 4 is 17.5 Å². The summed E-state index contributed by atoms with van der Waals surface area (Å²) in [5.41, 5.74) is -1.11. The fourth-order valence-corrected chi connectivity index (χ4v) is 2.43. The van der Waals surface area contributed by atoms with Gasteiger partial charge in [0.1, 0.15) is 5.60 Å². The number of aliphatic hydroxyl groups is 1. The van der Waals surface area contributed by atoms with Crippen LogP contribution in [-0.4, -0.2) is 30.3 Å². The highest BCUT2D eigenvalue weighted by atomic mass is 19.2. The van der Waals surface area contributed by atoms with Gasteiger partial charge < -0.3 is 25.2 Å². The van der Waals surface area contributed by atoms with Gasteiger partial charge in [-0.25, -0.2) is 8.78 Å². The Hall–Kier alpha value is -3.20. The molecular weight excluding hydrogens is 362 g/mol. The van der Waals surface area contributed by atoms with Crippen molar-refractivity contribution in [1.29, 1.82) is 0 Å². The molecule has 0 saturated heterocycles. The summed E-state index contributed by atoms with van der Waals surface area (Å²) in [6.07, 6.45) is 0. The summed E-state index contributed by atoms with van der Waals surface area (Å²) >= 11 is 0. The van der Waals surface area contributed by atoms with Crippen molar-refractivity contribution in [2.75, 3.05) is 18.7 Å². The first-order chi connectivity index (χ1) is 12.8. The van der Waals surface area contributed by atoms with Gasteiger partial charge in [0.25, 0.3) is 0 Å². The van der Waals surface area contributed by atoms with Crippen LogP contribution in [0.1, 0.15) is 12.5 Å². The predicted molar refractivity (Wildman–Crippen MR) is 90.1 cm³/mol. The van der Waals surface area contributed by atoms with Crippen LogP contribution in [-0.2, 0) is 15.2 Å².